The SMILES string of the molecule is NC(=NCC(O)COc1ccc(I)cc1)NCC1CCC1. The number of aliphatic imine (C=N–C) groups is 1. The lowest BCUT2D eigenvalue weighted by atomic mass is 9.85. The largest absolute Gasteiger partial charge is 0.491 e. The van der Waals surface area contributed by atoms with Gasteiger partial charge in [-0.05, 0) is 65.6 Å². The van der Waals surface area contributed by atoms with Crippen LogP contribution in [0.5, 0.6) is 5.75 Å². The summed E-state index contributed by atoms with van der Waals surface area (Å²) in [4.78, 5) is 4.13. The molecule has 1 aliphatic carbocycles. The Morgan fingerprint density at radius 3 is 2.76 bits per heavy atom. The summed E-state index contributed by atoms with van der Waals surface area (Å²) in [5, 5.41) is 12.9. The summed E-state index contributed by atoms with van der Waals surface area (Å²) in [5.41, 5.74) is 5.76. The number of ether oxygens (including phenoxy) is 1. The average Bonchev–Trinajstić information content (AvgIpc) is 2.43. The third-order valence-corrected chi connectivity index (χ3v) is 4.24. The van der Waals surface area contributed by atoms with Crippen molar-refractivity contribution in [1.29, 1.82) is 0 Å². The fraction of sp³-hybridized carbons (Fsp3) is 0.533. The lowest BCUT2D eigenvalue weighted by Crippen LogP contribution is -2.38. The summed E-state index contributed by atoms with van der Waals surface area (Å²) in [6.45, 7) is 1.33. The van der Waals surface area contributed by atoms with Crippen LogP contribution >= 0.6 is 22.6 Å². The number of benzene rings is 1. The van der Waals surface area contributed by atoms with Gasteiger partial charge in [0.2, 0.25) is 0 Å². The van der Waals surface area contributed by atoms with Crippen molar-refractivity contribution in [2.24, 2.45) is 16.6 Å². The van der Waals surface area contributed by atoms with Gasteiger partial charge in [-0.25, -0.2) is 0 Å². The van der Waals surface area contributed by atoms with Gasteiger partial charge in [-0.2, -0.15) is 0 Å². The smallest absolute Gasteiger partial charge is 0.188 e. The van der Waals surface area contributed by atoms with E-state index in [9.17, 15) is 5.11 Å². The molecule has 1 unspecified atom stereocenters. The van der Waals surface area contributed by atoms with Crippen LogP contribution in [0.15, 0.2) is 29.3 Å². The molecule has 1 aromatic rings. The first-order valence-electron chi connectivity index (χ1n) is 7.23. The average molecular weight is 403 g/mol. The van der Waals surface area contributed by atoms with E-state index in [0.717, 1.165) is 21.8 Å². The van der Waals surface area contributed by atoms with Gasteiger partial charge in [-0.1, -0.05) is 6.42 Å². The molecule has 2 rings (SSSR count). The summed E-state index contributed by atoms with van der Waals surface area (Å²) in [7, 11) is 0. The third-order valence-electron chi connectivity index (χ3n) is 3.53. The van der Waals surface area contributed by atoms with Crippen molar-refractivity contribution in [3.63, 3.8) is 0 Å². The van der Waals surface area contributed by atoms with Crippen molar-refractivity contribution < 1.29 is 9.84 Å². The van der Waals surface area contributed by atoms with E-state index in [-0.39, 0.29) is 13.2 Å². The quantitative estimate of drug-likeness (QED) is 0.368. The van der Waals surface area contributed by atoms with E-state index in [1.165, 1.54) is 19.3 Å². The molecule has 0 aliphatic heterocycles. The van der Waals surface area contributed by atoms with Crippen molar-refractivity contribution >= 4 is 28.6 Å². The van der Waals surface area contributed by atoms with Crippen molar-refractivity contribution in [1.82, 2.24) is 5.32 Å². The number of hydrogen-bond acceptors (Lipinski definition) is 3. The number of nitrogens with zero attached hydrogens (tertiary/aromatic N) is 1. The van der Waals surface area contributed by atoms with Gasteiger partial charge in [0.25, 0.3) is 0 Å². The van der Waals surface area contributed by atoms with Crippen molar-refractivity contribution in [2.45, 2.75) is 25.4 Å². The van der Waals surface area contributed by atoms with E-state index < -0.39 is 6.10 Å². The summed E-state index contributed by atoms with van der Waals surface area (Å²) < 4.78 is 6.64. The molecule has 1 fully saturated rings. The second kappa shape index (κ2) is 8.43. The van der Waals surface area contributed by atoms with Gasteiger partial charge >= 0.3 is 0 Å². The molecule has 0 amide bonds. The molecule has 0 saturated heterocycles. The molecule has 116 valence electrons. The molecule has 0 spiro atoms. The summed E-state index contributed by atoms with van der Waals surface area (Å²) in [6.07, 6.45) is 3.20. The fourth-order valence-electron chi connectivity index (χ4n) is 1.98. The van der Waals surface area contributed by atoms with Crippen molar-refractivity contribution in [2.75, 3.05) is 19.7 Å². The molecule has 0 radical (unpaired) electrons. The second-order valence-electron chi connectivity index (χ2n) is 5.32. The van der Waals surface area contributed by atoms with E-state index in [1.54, 1.807) is 0 Å². The Hall–Kier alpha value is -1.02. The minimum Gasteiger partial charge on any atom is -0.491 e. The van der Waals surface area contributed by atoms with E-state index in [2.05, 4.69) is 32.9 Å². The topological polar surface area (TPSA) is 79.9 Å². The molecule has 1 saturated carbocycles. The maximum Gasteiger partial charge on any atom is 0.188 e. The lowest BCUT2D eigenvalue weighted by molar-refractivity contribution is 0.114. The number of nitrogens with two attached hydrogens (primary N) is 1. The highest BCUT2D eigenvalue weighted by molar-refractivity contribution is 14.1. The van der Waals surface area contributed by atoms with Crippen LogP contribution in [0.1, 0.15) is 19.3 Å². The van der Waals surface area contributed by atoms with E-state index in [1.807, 2.05) is 24.3 Å². The normalized spacial score (nSPS) is 17.1. The molecule has 5 nitrogen and oxygen atoms in total. The van der Waals surface area contributed by atoms with E-state index >= 15 is 0 Å². The van der Waals surface area contributed by atoms with Crippen LogP contribution in [0.2, 0.25) is 0 Å². The van der Waals surface area contributed by atoms with Gasteiger partial charge in [0.15, 0.2) is 5.96 Å². The minimum atomic E-state index is -0.659. The van der Waals surface area contributed by atoms with Crippen LogP contribution in [0, 0.1) is 9.49 Å². The zero-order valence-electron chi connectivity index (χ0n) is 12.0. The molecule has 6 heteroatoms. The second-order valence-corrected chi connectivity index (χ2v) is 6.57. The number of hydrogen-bond donors (Lipinski definition) is 3. The molecule has 0 bridgehead atoms. The molecule has 0 heterocycles. The molecule has 4 N–H and O–H groups in total. The molecule has 1 atom stereocenters. The van der Waals surface area contributed by atoms with Crippen molar-refractivity contribution in [3.05, 3.63) is 27.8 Å². The number of aliphatic hydroxyl groups is 1. The number of nitrogens with one attached hydrogen (secondary N) is 1. The Bertz CT molecular complexity index is 460. The Kier molecular flexibility index (Phi) is 6.56. The van der Waals surface area contributed by atoms with Crippen molar-refractivity contribution in [3.8, 4) is 5.75 Å². The van der Waals surface area contributed by atoms with Crippen LogP contribution in [0.25, 0.3) is 0 Å². The molecule has 0 aromatic heterocycles. The van der Waals surface area contributed by atoms with Crippen LogP contribution in [-0.2, 0) is 0 Å². The van der Waals surface area contributed by atoms with E-state index in [0.29, 0.717) is 5.96 Å². The minimum absolute atomic E-state index is 0.208. The van der Waals surface area contributed by atoms with Gasteiger partial charge in [0.1, 0.15) is 18.5 Å². The maximum absolute atomic E-state index is 9.83. The predicted molar refractivity (Wildman–Crippen MR) is 92.5 cm³/mol. The van der Waals surface area contributed by atoms with Crippen LogP contribution in [0.3, 0.4) is 0 Å². The molecule has 1 aliphatic rings. The first kappa shape index (κ1) is 16.4. The predicted octanol–water partition coefficient (Wildman–Crippen LogP) is 1.74. The number of aliphatic hydroxyl groups excluding tert-OH is 1. The third kappa shape index (κ3) is 6.09. The first-order valence-corrected chi connectivity index (χ1v) is 8.31. The Morgan fingerprint density at radius 2 is 2.14 bits per heavy atom. The number of rotatable bonds is 7. The molecular formula is C15H22IN3O2. The highest BCUT2D eigenvalue weighted by atomic mass is 127. The molecule has 21 heavy (non-hydrogen) atoms. The fourth-order valence-corrected chi connectivity index (χ4v) is 2.34. The highest BCUT2D eigenvalue weighted by Gasteiger charge is 2.16. The number of guanidine groups is 1. The summed E-state index contributed by atoms with van der Waals surface area (Å²) >= 11 is 2.23. The van der Waals surface area contributed by atoms with Gasteiger partial charge in [0, 0.05) is 10.1 Å². The summed E-state index contributed by atoms with van der Waals surface area (Å²) in [6, 6.07) is 7.68. The Labute approximate surface area is 139 Å². The first-order chi connectivity index (χ1) is 10.1. The standard InChI is InChI=1S/C15H22IN3O2/c16-12-4-6-14(7-5-12)21-10-13(20)9-19-15(17)18-8-11-2-1-3-11/h4-7,11,13,20H,1-3,8-10H2,(H3,17,18,19). The summed E-state index contributed by atoms with van der Waals surface area (Å²) in [5.74, 6) is 1.87. The Balaban J connectivity index is 1.63. The van der Waals surface area contributed by atoms with Gasteiger partial charge in [0.05, 0.1) is 6.54 Å². The number of halogens is 1. The van der Waals surface area contributed by atoms with Gasteiger partial charge < -0.3 is 20.9 Å². The molecule has 1 aromatic carbocycles. The van der Waals surface area contributed by atoms with Crippen LogP contribution in [-0.4, -0.2) is 36.9 Å². The zero-order chi connectivity index (χ0) is 15.1. The van der Waals surface area contributed by atoms with E-state index in [4.69, 9.17) is 10.5 Å². The van der Waals surface area contributed by atoms with Crippen LogP contribution in [0.4, 0.5) is 0 Å². The van der Waals surface area contributed by atoms with Crippen LogP contribution < -0.4 is 15.8 Å². The zero-order valence-corrected chi connectivity index (χ0v) is 14.1. The Morgan fingerprint density at radius 1 is 1.43 bits per heavy atom. The highest BCUT2D eigenvalue weighted by Crippen LogP contribution is 2.24. The molecular weight excluding hydrogens is 381 g/mol. The maximum atomic E-state index is 9.83. The monoisotopic (exact) mass is 403 g/mol. The van der Waals surface area contributed by atoms with Gasteiger partial charge in [-0.3, -0.25) is 4.99 Å². The van der Waals surface area contributed by atoms with Gasteiger partial charge in [-0.15, -0.1) is 0 Å². The lowest BCUT2D eigenvalue weighted by Gasteiger charge is -2.25.